The van der Waals surface area contributed by atoms with Crippen LogP contribution in [0.2, 0.25) is 0 Å². The minimum Gasteiger partial charge on any atom is -0.313 e. The smallest absolute Gasteiger partial charge is 0.216 e. The van der Waals surface area contributed by atoms with Crippen molar-refractivity contribution < 1.29 is 8.42 Å². The number of rotatable bonds is 7. The van der Waals surface area contributed by atoms with E-state index in [9.17, 15) is 8.42 Å². The molecule has 1 aliphatic carbocycles. The molecule has 2 rings (SSSR count). The first-order valence-corrected chi connectivity index (χ1v) is 8.18. The first-order chi connectivity index (χ1) is 8.99. The van der Waals surface area contributed by atoms with Crippen LogP contribution in [0.4, 0.5) is 0 Å². The van der Waals surface area contributed by atoms with Gasteiger partial charge in [0.2, 0.25) is 10.0 Å². The summed E-state index contributed by atoms with van der Waals surface area (Å²) in [6.45, 7) is 4.06. The van der Waals surface area contributed by atoms with Crippen LogP contribution >= 0.6 is 0 Å². The molecule has 1 heterocycles. The maximum absolute atomic E-state index is 12.2. The van der Waals surface area contributed by atoms with Gasteiger partial charge in [0, 0.05) is 31.0 Å². The van der Waals surface area contributed by atoms with E-state index in [1.807, 2.05) is 13.0 Å². The highest BCUT2D eigenvalue weighted by Gasteiger charge is 2.26. The summed E-state index contributed by atoms with van der Waals surface area (Å²) < 4.78 is 27.1. The summed E-state index contributed by atoms with van der Waals surface area (Å²) in [5.41, 5.74) is 0.869. The van der Waals surface area contributed by atoms with Crippen molar-refractivity contribution in [1.82, 2.24) is 15.0 Å². The molecule has 1 aromatic heterocycles. The van der Waals surface area contributed by atoms with E-state index in [0.717, 1.165) is 18.4 Å². The zero-order valence-corrected chi connectivity index (χ0v) is 12.2. The van der Waals surface area contributed by atoms with Gasteiger partial charge < -0.3 is 5.32 Å². The lowest BCUT2D eigenvalue weighted by Gasteiger charge is -2.19. The maximum atomic E-state index is 12.2. The predicted molar refractivity (Wildman–Crippen MR) is 75.2 cm³/mol. The molecule has 2 atom stereocenters. The minimum absolute atomic E-state index is 0.262. The number of nitrogens with one attached hydrogen (secondary N) is 2. The van der Waals surface area contributed by atoms with Crippen molar-refractivity contribution >= 4 is 10.0 Å². The number of hydrogen-bond donors (Lipinski definition) is 2. The lowest BCUT2D eigenvalue weighted by molar-refractivity contribution is 0.544. The Labute approximate surface area is 114 Å². The van der Waals surface area contributed by atoms with Crippen molar-refractivity contribution in [1.29, 1.82) is 0 Å². The van der Waals surface area contributed by atoms with E-state index in [0.29, 0.717) is 12.6 Å². The van der Waals surface area contributed by atoms with E-state index in [1.54, 1.807) is 25.4 Å². The van der Waals surface area contributed by atoms with E-state index in [4.69, 9.17) is 0 Å². The molecule has 1 aliphatic rings. The monoisotopic (exact) mass is 283 g/mol. The molecule has 2 N–H and O–H groups in total. The van der Waals surface area contributed by atoms with Gasteiger partial charge in [0.25, 0.3) is 0 Å². The Morgan fingerprint density at radius 3 is 2.74 bits per heavy atom. The largest absolute Gasteiger partial charge is 0.313 e. The molecule has 0 radical (unpaired) electrons. The second kappa shape index (κ2) is 5.98. The molecule has 19 heavy (non-hydrogen) atoms. The van der Waals surface area contributed by atoms with Gasteiger partial charge >= 0.3 is 0 Å². The van der Waals surface area contributed by atoms with E-state index >= 15 is 0 Å². The highest BCUT2D eigenvalue weighted by atomic mass is 32.2. The number of sulfonamides is 1. The molecule has 0 saturated heterocycles. The minimum atomic E-state index is -3.32. The van der Waals surface area contributed by atoms with E-state index in [2.05, 4.69) is 15.0 Å². The van der Waals surface area contributed by atoms with Crippen LogP contribution in [0.25, 0.3) is 0 Å². The summed E-state index contributed by atoms with van der Waals surface area (Å²) >= 11 is 0. The molecule has 6 heteroatoms. The van der Waals surface area contributed by atoms with Gasteiger partial charge in [-0.3, -0.25) is 4.98 Å². The Morgan fingerprint density at radius 2 is 2.16 bits per heavy atom. The van der Waals surface area contributed by atoms with Gasteiger partial charge in [-0.2, -0.15) is 0 Å². The molecule has 0 aliphatic heterocycles. The third-order valence-electron chi connectivity index (χ3n) is 3.33. The molecular formula is C13H21N3O2S. The molecule has 1 aromatic rings. The Kier molecular flexibility index (Phi) is 4.54. The number of nitrogens with zero attached hydrogens (tertiary/aromatic N) is 1. The lowest BCUT2D eigenvalue weighted by Crippen LogP contribution is -2.40. The van der Waals surface area contributed by atoms with Gasteiger partial charge in [-0.1, -0.05) is 6.07 Å². The summed E-state index contributed by atoms with van der Waals surface area (Å²) in [7, 11) is -3.32. The van der Waals surface area contributed by atoms with Crippen LogP contribution in [0.15, 0.2) is 24.5 Å². The normalized spacial score (nSPS) is 19.1. The molecule has 2 unspecified atom stereocenters. The summed E-state index contributed by atoms with van der Waals surface area (Å²) in [5.74, 6) is 0. The molecular weight excluding hydrogens is 262 g/mol. The maximum Gasteiger partial charge on any atom is 0.216 e. The molecule has 5 nitrogen and oxygen atoms in total. The fraction of sp³-hybridized carbons (Fsp3) is 0.615. The molecule has 1 saturated carbocycles. The molecule has 0 bridgehead atoms. The average molecular weight is 283 g/mol. The van der Waals surface area contributed by atoms with Crippen molar-refractivity contribution in [2.45, 2.75) is 44.0 Å². The molecule has 0 aromatic carbocycles. The molecule has 106 valence electrons. The summed E-state index contributed by atoms with van der Waals surface area (Å²) in [4.78, 5) is 4.00. The van der Waals surface area contributed by atoms with Gasteiger partial charge in [-0.25, -0.2) is 13.1 Å². The highest BCUT2D eigenvalue weighted by molar-refractivity contribution is 7.90. The van der Waals surface area contributed by atoms with Crippen molar-refractivity contribution in [2.24, 2.45) is 0 Å². The van der Waals surface area contributed by atoms with Gasteiger partial charge in [0.1, 0.15) is 0 Å². The fourth-order valence-corrected chi connectivity index (χ4v) is 2.97. The molecule has 0 spiro atoms. The second-order valence-corrected chi connectivity index (χ2v) is 7.29. The van der Waals surface area contributed by atoms with Gasteiger partial charge in [-0.05, 0) is 38.3 Å². The number of hydrogen-bond acceptors (Lipinski definition) is 4. The van der Waals surface area contributed by atoms with Crippen LogP contribution in [0.5, 0.6) is 0 Å². The van der Waals surface area contributed by atoms with Crippen LogP contribution in [0.3, 0.4) is 0 Å². The summed E-state index contributed by atoms with van der Waals surface area (Å²) in [6, 6.07) is 3.93. The van der Waals surface area contributed by atoms with E-state index < -0.39 is 15.3 Å². The topological polar surface area (TPSA) is 71.1 Å². The Bertz CT molecular complexity index is 500. The predicted octanol–water partition coefficient (Wildman–Crippen LogP) is 1.20. The van der Waals surface area contributed by atoms with E-state index in [-0.39, 0.29) is 6.04 Å². The SMILES string of the molecule is CC(NS(=O)(=O)C(C)CNC1CC1)c1cccnc1. The lowest BCUT2D eigenvalue weighted by atomic mass is 10.2. The Morgan fingerprint density at radius 1 is 1.42 bits per heavy atom. The summed E-state index contributed by atoms with van der Waals surface area (Å²) in [5, 5.41) is 2.81. The van der Waals surface area contributed by atoms with Crippen molar-refractivity contribution in [3.63, 3.8) is 0 Å². The van der Waals surface area contributed by atoms with Crippen molar-refractivity contribution in [3.8, 4) is 0 Å². The van der Waals surface area contributed by atoms with Gasteiger partial charge in [-0.15, -0.1) is 0 Å². The van der Waals surface area contributed by atoms with Crippen LogP contribution in [-0.4, -0.2) is 31.2 Å². The molecule has 1 fully saturated rings. The highest BCUT2D eigenvalue weighted by Crippen LogP contribution is 2.19. The zero-order chi connectivity index (χ0) is 13.9. The van der Waals surface area contributed by atoms with Crippen LogP contribution < -0.4 is 10.0 Å². The first kappa shape index (κ1) is 14.4. The fourth-order valence-electron chi connectivity index (χ4n) is 1.79. The average Bonchev–Trinajstić information content (AvgIpc) is 3.20. The Balaban J connectivity index is 1.91. The van der Waals surface area contributed by atoms with Crippen LogP contribution in [-0.2, 0) is 10.0 Å². The summed E-state index contributed by atoms with van der Waals surface area (Å²) in [6.07, 6.45) is 5.67. The van der Waals surface area contributed by atoms with Crippen LogP contribution in [0, 0.1) is 0 Å². The van der Waals surface area contributed by atoms with Crippen molar-refractivity contribution in [3.05, 3.63) is 30.1 Å². The second-order valence-electron chi connectivity index (χ2n) is 5.16. The third kappa shape index (κ3) is 4.26. The zero-order valence-electron chi connectivity index (χ0n) is 11.3. The number of pyridine rings is 1. The molecule has 0 amide bonds. The number of aromatic nitrogens is 1. The van der Waals surface area contributed by atoms with Gasteiger partial charge in [0.15, 0.2) is 0 Å². The standard InChI is InChI=1S/C13H21N3O2S/c1-10(8-15-13-5-6-13)19(17,18)16-11(2)12-4-3-7-14-9-12/h3-4,7,9-11,13,15-16H,5-6,8H2,1-2H3. The van der Waals surface area contributed by atoms with E-state index in [1.165, 1.54) is 0 Å². The quantitative estimate of drug-likeness (QED) is 0.789. The van der Waals surface area contributed by atoms with Crippen molar-refractivity contribution in [2.75, 3.05) is 6.54 Å². The van der Waals surface area contributed by atoms with Crippen LogP contribution in [0.1, 0.15) is 38.3 Å². The first-order valence-electron chi connectivity index (χ1n) is 6.63. The third-order valence-corrected chi connectivity index (χ3v) is 5.23. The Hall–Kier alpha value is -0.980. The van der Waals surface area contributed by atoms with Gasteiger partial charge in [0.05, 0.1) is 5.25 Å².